The Hall–Kier alpha value is -1.08. The highest BCUT2D eigenvalue weighted by Crippen LogP contribution is 2.30. The Labute approximate surface area is 153 Å². The maximum absolute atomic E-state index is 11.9. The number of hydrogen-bond acceptors (Lipinski definition) is 3. The number of rotatable bonds is 3. The Morgan fingerprint density at radius 1 is 1.18 bits per heavy atom. The van der Waals surface area contributed by atoms with E-state index < -0.39 is 5.91 Å². The van der Waals surface area contributed by atoms with Crippen molar-refractivity contribution in [1.82, 2.24) is 5.43 Å². The lowest BCUT2D eigenvalue weighted by Crippen LogP contribution is -2.17. The van der Waals surface area contributed by atoms with Gasteiger partial charge in [0, 0.05) is 25.1 Å². The van der Waals surface area contributed by atoms with Crippen LogP contribution in [0.25, 0.3) is 0 Å². The molecule has 0 aliphatic carbocycles. The molecule has 4 nitrogen and oxygen atoms in total. The van der Waals surface area contributed by atoms with Crippen molar-refractivity contribution in [2.75, 3.05) is 0 Å². The van der Waals surface area contributed by atoms with Gasteiger partial charge >= 0.3 is 0 Å². The van der Waals surface area contributed by atoms with Crippen LogP contribution in [0, 0.1) is 0 Å². The van der Waals surface area contributed by atoms with E-state index in [1.54, 1.807) is 18.2 Å². The summed E-state index contributed by atoms with van der Waals surface area (Å²) in [7, 11) is 0. The molecule has 0 saturated carbocycles. The van der Waals surface area contributed by atoms with Crippen LogP contribution in [-0.2, 0) is 0 Å². The van der Waals surface area contributed by atoms with Gasteiger partial charge in [-0.25, -0.2) is 5.43 Å². The van der Waals surface area contributed by atoms with E-state index >= 15 is 0 Å². The minimum Gasteiger partial charge on any atom is -0.506 e. The van der Waals surface area contributed by atoms with E-state index in [2.05, 4.69) is 42.4 Å². The van der Waals surface area contributed by atoms with Crippen molar-refractivity contribution in [1.29, 1.82) is 0 Å². The molecule has 114 valence electrons. The smallest absolute Gasteiger partial charge is 0.271 e. The Bertz CT molecular complexity index is 767. The van der Waals surface area contributed by atoms with Gasteiger partial charge in [-0.15, -0.1) is 0 Å². The Morgan fingerprint density at radius 3 is 2.59 bits per heavy atom. The van der Waals surface area contributed by atoms with Gasteiger partial charge in [-0.3, -0.25) is 4.79 Å². The van der Waals surface area contributed by atoms with Gasteiger partial charge in [-0.2, -0.15) is 5.10 Å². The fourth-order valence-corrected chi connectivity index (χ4v) is 2.68. The molecule has 0 saturated heterocycles. The zero-order chi connectivity index (χ0) is 16.3. The van der Waals surface area contributed by atoms with Crippen LogP contribution in [-0.4, -0.2) is 17.2 Å². The number of phenols is 1. The molecule has 0 fully saturated rings. The molecule has 2 aromatic carbocycles. The van der Waals surface area contributed by atoms with Gasteiger partial charge in [0.15, 0.2) is 0 Å². The van der Waals surface area contributed by atoms with Crippen LogP contribution in [0.15, 0.2) is 44.4 Å². The van der Waals surface area contributed by atoms with Gasteiger partial charge in [0.25, 0.3) is 5.91 Å². The summed E-state index contributed by atoms with van der Waals surface area (Å²) in [6.07, 6.45) is 1.26. The number of nitrogens with zero attached hydrogens (tertiary/aromatic N) is 1. The maximum Gasteiger partial charge on any atom is 0.271 e. The fraction of sp³-hybridized carbons (Fsp3) is 0. The second-order valence-corrected chi connectivity index (χ2v) is 6.71. The lowest BCUT2D eigenvalue weighted by atomic mass is 10.2. The molecule has 0 heterocycles. The quantitative estimate of drug-likeness (QED) is 0.494. The molecule has 0 unspecified atom stereocenters. The van der Waals surface area contributed by atoms with E-state index in [0.29, 0.717) is 16.1 Å². The number of hydrazone groups is 1. The van der Waals surface area contributed by atoms with Crippen molar-refractivity contribution >= 4 is 67.2 Å². The third kappa shape index (κ3) is 4.23. The van der Waals surface area contributed by atoms with Gasteiger partial charge in [-0.05, 0) is 62.2 Å². The molecule has 0 radical (unpaired) electrons. The fourth-order valence-electron chi connectivity index (χ4n) is 1.55. The molecule has 8 heteroatoms. The van der Waals surface area contributed by atoms with Crippen molar-refractivity contribution < 1.29 is 9.90 Å². The molecule has 0 spiro atoms. The molecule has 0 aliphatic rings. The van der Waals surface area contributed by atoms with E-state index in [-0.39, 0.29) is 10.8 Å². The summed E-state index contributed by atoms with van der Waals surface area (Å²) < 4.78 is 1.59. The minimum absolute atomic E-state index is 0.108. The highest BCUT2D eigenvalue weighted by Gasteiger charge is 2.08. The van der Waals surface area contributed by atoms with Crippen LogP contribution < -0.4 is 5.43 Å². The second-order valence-electron chi connectivity index (χ2n) is 4.15. The van der Waals surface area contributed by atoms with Crippen molar-refractivity contribution in [2.45, 2.75) is 0 Å². The first-order valence-electron chi connectivity index (χ1n) is 5.85. The normalized spacial score (nSPS) is 10.9. The van der Waals surface area contributed by atoms with E-state index in [9.17, 15) is 9.90 Å². The summed E-state index contributed by atoms with van der Waals surface area (Å²) in [4.78, 5) is 11.9. The van der Waals surface area contributed by atoms with Gasteiger partial charge in [0.2, 0.25) is 0 Å². The van der Waals surface area contributed by atoms with Crippen LogP contribution >= 0.6 is 55.1 Å². The minimum atomic E-state index is -0.392. The number of benzene rings is 2. The van der Waals surface area contributed by atoms with Crippen molar-refractivity contribution in [3.63, 3.8) is 0 Å². The molecule has 2 N–H and O–H groups in total. The topological polar surface area (TPSA) is 61.7 Å². The number of carbonyl (C=O) groups excluding carboxylic acids is 1. The van der Waals surface area contributed by atoms with Gasteiger partial charge in [0.05, 0.1) is 11.2 Å². The van der Waals surface area contributed by atoms with E-state index in [4.69, 9.17) is 23.2 Å². The molecule has 0 atom stereocenters. The van der Waals surface area contributed by atoms with Gasteiger partial charge in [0.1, 0.15) is 5.75 Å². The maximum atomic E-state index is 11.9. The van der Waals surface area contributed by atoms with Crippen molar-refractivity contribution in [2.24, 2.45) is 5.10 Å². The number of halogens is 4. The summed E-state index contributed by atoms with van der Waals surface area (Å²) in [5.41, 5.74) is 3.09. The number of phenolic OH excluding ortho intramolecular Hbond substituents is 1. The van der Waals surface area contributed by atoms with Crippen molar-refractivity contribution in [3.05, 3.63) is 60.4 Å². The Kier molecular flexibility index (Phi) is 5.86. The monoisotopic (exact) mass is 464 g/mol. The Morgan fingerprint density at radius 2 is 1.91 bits per heavy atom. The highest BCUT2D eigenvalue weighted by atomic mass is 79.9. The SMILES string of the molecule is O=C(N/N=C\c1cc(Cl)cc(Cl)c1O)c1ccc(Br)c(Br)c1. The molecule has 2 aromatic rings. The number of aromatic hydroxyl groups is 1. The number of hydrogen-bond donors (Lipinski definition) is 2. The predicted molar refractivity (Wildman–Crippen MR) is 95.0 cm³/mol. The first kappa shape index (κ1) is 17.3. The molecule has 0 bridgehead atoms. The zero-order valence-corrected chi connectivity index (χ0v) is 15.5. The van der Waals surface area contributed by atoms with E-state index in [1.807, 2.05) is 0 Å². The molecular formula is C14H8Br2Cl2N2O2. The van der Waals surface area contributed by atoms with Crippen LogP contribution in [0.2, 0.25) is 10.0 Å². The summed E-state index contributed by atoms with van der Waals surface area (Å²) in [6, 6.07) is 7.93. The van der Waals surface area contributed by atoms with Crippen molar-refractivity contribution in [3.8, 4) is 5.75 Å². The standard InChI is InChI=1S/C14H8Br2Cl2N2O2/c15-10-2-1-7(4-11(10)16)14(22)20-19-6-8-3-9(17)5-12(18)13(8)21/h1-6,21H,(H,20,22)/b19-6-. The molecule has 0 aromatic heterocycles. The number of nitrogens with one attached hydrogen (secondary N) is 1. The summed E-state index contributed by atoms with van der Waals surface area (Å²) in [5, 5.41) is 14.0. The average Bonchev–Trinajstić information content (AvgIpc) is 2.46. The van der Waals surface area contributed by atoms with Crippen LogP contribution in [0.1, 0.15) is 15.9 Å². The first-order valence-corrected chi connectivity index (χ1v) is 8.19. The van der Waals surface area contributed by atoms with E-state index in [1.165, 1.54) is 18.3 Å². The van der Waals surface area contributed by atoms with Crippen LogP contribution in [0.3, 0.4) is 0 Å². The molecule has 22 heavy (non-hydrogen) atoms. The lowest BCUT2D eigenvalue weighted by molar-refractivity contribution is 0.0955. The summed E-state index contributed by atoms with van der Waals surface area (Å²) >= 11 is 18.3. The third-order valence-corrected chi connectivity index (χ3v) is 5.00. The molecule has 1 amide bonds. The molecule has 0 aliphatic heterocycles. The highest BCUT2D eigenvalue weighted by molar-refractivity contribution is 9.13. The third-order valence-electron chi connectivity index (χ3n) is 2.61. The lowest BCUT2D eigenvalue weighted by Gasteiger charge is -2.04. The average molecular weight is 467 g/mol. The second kappa shape index (κ2) is 7.46. The predicted octanol–water partition coefficient (Wildman–Crippen LogP) is 4.99. The number of carbonyl (C=O) groups is 1. The van der Waals surface area contributed by atoms with Gasteiger partial charge in [-0.1, -0.05) is 23.2 Å². The molecular weight excluding hydrogens is 459 g/mol. The van der Waals surface area contributed by atoms with E-state index in [0.717, 1.165) is 8.95 Å². The summed E-state index contributed by atoms with van der Waals surface area (Å²) in [6.45, 7) is 0. The zero-order valence-electron chi connectivity index (χ0n) is 10.8. The van der Waals surface area contributed by atoms with Gasteiger partial charge < -0.3 is 5.11 Å². The largest absolute Gasteiger partial charge is 0.506 e. The first-order chi connectivity index (χ1) is 10.4. The van der Waals surface area contributed by atoms with Crippen LogP contribution in [0.5, 0.6) is 5.75 Å². The Balaban J connectivity index is 2.12. The summed E-state index contributed by atoms with van der Waals surface area (Å²) in [5.74, 6) is -0.549. The number of amides is 1. The van der Waals surface area contributed by atoms with Crippen LogP contribution in [0.4, 0.5) is 0 Å². The molecule has 2 rings (SSSR count).